The second-order valence-corrected chi connectivity index (χ2v) is 4.87. The minimum atomic E-state index is -0.0976. The Bertz CT molecular complexity index is 210. The minimum Gasteiger partial charge on any atom is -0.376 e. The van der Waals surface area contributed by atoms with Crippen LogP contribution in [-0.2, 0) is 4.74 Å². The van der Waals surface area contributed by atoms with Gasteiger partial charge in [0.1, 0.15) is 0 Å². The highest BCUT2D eigenvalue weighted by atomic mass is 16.5. The van der Waals surface area contributed by atoms with Gasteiger partial charge in [0.2, 0.25) is 0 Å². The zero-order valence-corrected chi connectivity index (χ0v) is 9.34. The van der Waals surface area contributed by atoms with E-state index in [0.717, 1.165) is 6.42 Å². The van der Waals surface area contributed by atoms with Crippen molar-refractivity contribution >= 4 is 0 Å². The molecule has 1 rings (SSSR count). The van der Waals surface area contributed by atoms with E-state index in [-0.39, 0.29) is 11.6 Å². The molecule has 0 aromatic heterocycles. The molecule has 1 saturated carbocycles. The van der Waals surface area contributed by atoms with Gasteiger partial charge in [0.15, 0.2) is 0 Å². The van der Waals surface area contributed by atoms with E-state index in [1.807, 2.05) is 20.8 Å². The molecule has 0 radical (unpaired) electrons. The number of hydrogen-bond donors (Lipinski definition) is 1. The molecule has 0 heterocycles. The van der Waals surface area contributed by atoms with E-state index < -0.39 is 0 Å². The van der Waals surface area contributed by atoms with Gasteiger partial charge in [-0.3, -0.25) is 5.32 Å². The Kier molecular flexibility index (Phi) is 3.91. The molecule has 1 aliphatic carbocycles. The standard InChI is InChI=1S/C11H20N2O/c1-11(2,3)14-7-6-10(8-12)13-9-4-5-9/h9-10,13H,4-7H2,1-3H3. The lowest BCUT2D eigenvalue weighted by Crippen LogP contribution is -2.32. The summed E-state index contributed by atoms with van der Waals surface area (Å²) >= 11 is 0. The zero-order valence-electron chi connectivity index (χ0n) is 9.34. The highest BCUT2D eigenvalue weighted by Gasteiger charge is 2.24. The van der Waals surface area contributed by atoms with Crippen LogP contribution in [0.15, 0.2) is 0 Å². The maximum absolute atomic E-state index is 8.86. The van der Waals surface area contributed by atoms with Crippen LogP contribution in [-0.4, -0.2) is 24.3 Å². The van der Waals surface area contributed by atoms with Crippen molar-refractivity contribution in [3.05, 3.63) is 0 Å². The van der Waals surface area contributed by atoms with E-state index >= 15 is 0 Å². The summed E-state index contributed by atoms with van der Waals surface area (Å²) in [5.74, 6) is 0. The highest BCUT2D eigenvalue weighted by molar-refractivity contribution is 4.95. The van der Waals surface area contributed by atoms with Crippen LogP contribution in [0.5, 0.6) is 0 Å². The first-order valence-electron chi connectivity index (χ1n) is 5.31. The van der Waals surface area contributed by atoms with Gasteiger partial charge in [0.25, 0.3) is 0 Å². The van der Waals surface area contributed by atoms with Gasteiger partial charge in [-0.1, -0.05) is 0 Å². The molecule has 0 spiro atoms. The van der Waals surface area contributed by atoms with Crippen LogP contribution >= 0.6 is 0 Å². The van der Waals surface area contributed by atoms with E-state index in [2.05, 4.69) is 11.4 Å². The van der Waals surface area contributed by atoms with Crippen LogP contribution in [0.25, 0.3) is 0 Å². The number of ether oxygens (including phenoxy) is 1. The Hall–Kier alpha value is -0.590. The largest absolute Gasteiger partial charge is 0.376 e. The minimum absolute atomic E-state index is 0.0372. The third-order valence-electron chi connectivity index (χ3n) is 2.11. The van der Waals surface area contributed by atoms with Crippen molar-refractivity contribution in [2.45, 2.75) is 57.7 Å². The van der Waals surface area contributed by atoms with E-state index in [0.29, 0.717) is 12.6 Å². The van der Waals surface area contributed by atoms with Gasteiger partial charge in [-0.05, 0) is 40.0 Å². The van der Waals surface area contributed by atoms with Crippen molar-refractivity contribution < 1.29 is 4.74 Å². The van der Waals surface area contributed by atoms with Gasteiger partial charge in [0, 0.05) is 12.6 Å². The summed E-state index contributed by atoms with van der Waals surface area (Å²) < 4.78 is 5.57. The normalized spacial score (nSPS) is 19.0. The number of hydrogen-bond acceptors (Lipinski definition) is 3. The third-order valence-corrected chi connectivity index (χ3v) is 2.11. The van der Waals surface area contributed by atoms with Gasteiger partial charge in [-0.25, -0.2) is 0 Å². The molecule has 1 atom stereocenters. The Labute approximate surface area is 86.4 Å². The molecule has 0 amide bonds. The zero-order chi connectivity index (χ0) is 10.6. The van der Waals surface area contributed by atoms with Crippen LogP contribution in [0.1, 0.15) is 40.0 Å². The monoisotopic (exact) mass is 196 g/mol. The molecule has 14 heavy (non-hydrogen) atoms. The second kappa shape index (κ2) is 4.77. The summed E-state index contributed by atoms with van der Waals surface area (Å²) in [7, 11) is 0. The van der Waals surface area contributed by atoms with Crippen LogP contribution in [0.4, 0.5) is 0 Å². The number of nitrogens with zero attached hydrogens (tertiary/aromatic N) is 1. The van der Waals surface area contributed by atoms with E-state index in [4.69, 9.17) is 10.00 Å². The molecule has 0 aromatic rings. The quantitative estimate of drug-likeness (QED) is 0.729. The summed E-state index contributed by atoms with van der Waals surface area (Å²) in [4.78, 5) is 0. The molecular weight excluding hydrogens is 176 g/mol. The molecule has 3 heteroatoms. The van der Waals surface area contributed by atoms with Crippen molar-refractivity contribution in [1.29, 1.82) is 5.26 Å². The van der Waals surface area contributed by atoms with Crippen LogP contribution in [0.2, 0.25) is 0 Å². The van der Waals surface area contributed by atoms with E-state index in [9.17, 15) is 0 Å². The molecular formula is C11H20N2O. The van der Waals surface area contributed by atoms with Gasteiger partial charge in [-0.15, -0.1) is 0 Å². The molecule has 1 aliphatic rings. The van der Waals surface area contributed by atoms with Gasteiger partial charge in [0.05, 0.1) is 17.7 Å². The Morgan fingerprint density at radius 3 is 2.57 bits per heavy atom. The van der Waals surface area contributed by atoms with Crippen LogP contribution in [0.3, 0.4) is 0 Å². The average Bonchev–Trinajstić information content (AvgIpc) is 2.84. The number of nitrogens with one attached hydrogen (secondary N) is 1. The average molecular weight is 196 g/mol. The maximum atomic E-state index is 8.86. The SMILES string of the molecule is CC(C)(C)OCCC(C#N)NC1CC1. The lowest BCUT2D eigenvalue weighted by atomic mass is 10.2. The maximum Gasteiger partial charge on any atom is 0.0977 e. The first kappa shape index (κ1) is 11.5. The molecule has 3 nitrogen and oxygen atoms in total. The third kappa shape index (κ3) is 5.21. The Balaban J connectivity index is 2.11. The Morgan fingerprint density at radius 1 is 1.50 bits per heavy atom. The van der Waals surface area contributed by atoms with Crippen molar-refractivity contribution in [2.24, 2.45) is 0 Å². The van der Waals surface area contributed by atoms with Gasteiger partial charge in [-0.2, -0.15) is 5.26 Å². The van der Waals surface area contributed by atoms with Crippen molar-refractivity contribution in [3.63, 3.8) is 0 Å². The second-order valence-electron chi connectivity index (χ2n) is 4.87. The lowest BCUT2D eigenvalue weighted by Gasteiger charge is -2.20. The first-order valence-corrected chi connectivity index (χ1v) is 5.31. The van der Waals surface area contributed by atoms with Crippen LogP contribution in [0, 0.1) is 11.3 Å². The summed E-state index contributed by atoms with van der Waals surface area (Å²) in [6.07, 6.45) is 3.22. The molecule has 1 unspecified atom stereocenters. The summed E-state index contributed by atoms with van der Waals surface area (Å²) in [6, 6.07) is 2.82. The lowest BCUT2D eigenvalue weighted by molar-refractivity contribution is -0.00559. The fourth-order valence-electron chi connectivity index (χ4n) is 1.20. The summed E-state index contributed by atoms with van der Waals surface area (Å²) in [6.45, 7) is 6.75. The topological polar surface area (TPSA) is 45.0 Å². The van der Waals surface area contributed by atoms with E-state index in [1.165, 1.54) is 12.8 Å². The van der Waals surface area contributed by atoms with Gasteiger partial charge >= 0.3 is 0 Å². The summed E-state index contributed by atoms with van der Waals surface area (Å²) in [5, 5.41) is 12.1. The molecule has 0 bridgehead atoms. The summed E-state index contributed by atoms with van der Waals surface area (Å²) in [5.41, 5.74) is -0.0976. The molecule has 0 aliphatic heterocycles. The highest BCUT2D eigenvalue weighted by Crippen LogP contribution is 2.20. The molecule has 0 saturated heterocycles. The fourth-order valence-corrected chi connectivity index (χ4v) is 1.20. The molecule has 80 valence electrons. The first-order chi connectivity index (χ1) is 6.51. The van der Waals surface area contributed by atoms with Crippen molar-refractivity contribution in [2.75, 3.05) is 6.61 Å². The van der Waals surface area contributed by atoms with Crippen molar-refractivity contribution in [1.82, 2.24) is 5.32 Å². The predicted octanol–water partition coefficient (Wildman–Crippen LogP) is 1.84. The van der Waals surface area contributed by atoms with Gasteiger partial charge < -0.3 is 4.74 Å². The number of nitriles is 1. The smallest absolute Gasteiger partial charge is 0.0977 e. The van der Waals surface area contributed by atoms with Crippen molar-refractivity contribution in [3.8, 4) is 6.07 Å². The molecule has 1 N–H and O–H groups in total. The fraction of sp³-hybridized carbons (Fsp3) is 0.909. The Morgan fingerprint density at radius 2 is 2.14 bits per heavy atom. The molecule has 1 fully saturated rings. The molecule has 0 aromatic carbocycles. The number of rotatable bonds is 5. The van der Waals surface area contributed by atoms with Crippen LogP contribution < -0.4 is 5.32 Å². The van der Waals surface area contributed by atoms with E-state index in [1.54, 1.807) is 0 Å². The predicted molar refractivity (Wildman–Crippen MR) is 55.9 cm³/mol.